The van der Waals surface area contributed by atoms with Gasteiger partial charge < -0.3 is 10.2 Å². The van der Waals surface area contributed by atoms with Crippen molar-refractivity contribution >= 4 is 5.91 Å². The van der Waals surface area contributed by atoms with Crippen molar-refractivity contribution < 1.29 is 18.0 Å². The minimum absolute atomic E-state index is 0.153. The zero-order chi connectivity index (χ0) is 14.5. The number of nitrogens with zero attached hydrogens (tertiary/aromatic N) is 2. The molecule has 0 aliphatic heterocycles. The lowest BCUT2D eigenvalue weighted by molar-refractivity contribution is -0.141. The van der Waals surface area contributed by atoms with Crippen molar-refractivity contribution in [1.82, 2.24) is 15.2 Å². The largest absolute Gasteiger partial charge is 0.433 e. The van der Waals surface area contributed by atoms with Crippen LogP contribution in [0.25, 0.3) is 0 Å². The summed E-state index contributed by atoms with van der Waals surface area (Å²) in [6, 6.07) is 1.96. The van der Waals surface area contributed by atoms with E-state index >= 15 is 0 Å². The van der Waals surface area contributed by atoms with Crippen molar-refractivity contribution in [3.8, 4) is 0 Å². The second-order valence-electron chi connectivity index (χ2n) is 4.11. The molecule has 0 fully saturated rings. The monoisotopic (exact) mass is 275 g/mol. The Bertz CT molecular complexity index is 417. The molecule has 19 heavy (non-hydrogen) atoms. The lowest BCUT2D eigenvalue weighted by Crippen LogP contribution is -2.29. The molecule has 1 aromatic rings. The van der Waals surface area contributed by atoms with E-state index in [0.29, 0.717) is 6.54 Å². The first-order chi connectivity index (χ1) is 8.86. The third-order valence-corrected chi connectivity index (χ3v) is 2.57. The third-order valence-electron chi connectivity index (χ3n) is 2.57. The lowest BCUT2D eigenvalue weighted by atomic mass is 10.2. The first kappa shape index (κ1) is 15.4. The molecule has 0 aromatic carbocycles. The van der Waals surface area contributed by atoms with Gasteiger partial charge in [0.15, 0.2) is 0 Å². The molecule has 0 bridgehead atoms. The summed E-state index contributed by atoms with van der Waals surface area (Å²) < 4.78 is 37.0. The lowest BCUT2D eigenvalue weighted by Gasteiger charge is -2.17. The Labute approximate surface area is 109 Å². The van der Waals surface area contributed by atoms with E-state index in [4.69, 9.17) is 0 Å². The second kappa shape index (κ2) is 6.51. The molecular weight excluding hydrogens is 259 g/mol. The molecule has 0 unspecified atom stereocenters. The van der Waals surface area contributed by atoms with Gasteiger partial charge in [-0.3, -0.25) is 9.78 Å². The van der Waals surface area contributed by atoms with Gasteiger partial charge in [-0.05, 0) is 32.1 Å². The van der Waals surface area contributed by atoms with Crippen molar-refractivity contribution in [1.29, 1.82) is 0 Å². The van der Waals surface area contributed by atoms with E-state index in [1.165, 1.54) is 4.90 Å². The Hall–Kier alpha value is -1.63. The van der Waals surface area contributed by atoms with Crippen molar-refractivity contribution in [2.75, 3.05) is 27.2 Å². The van der Waals surface area contributed by atoms with Crippen LogP contribution in [-0.4, -0.2) is 43.0 Å². The van der Waals surface area contributed by atoms with E-state index in [0.717, 1.165) is 31.3 Å². The molecule has 4 nitrogen and oxygen atoms in total. The molecule has 0 saturated carbocycles. The Morgan fingerprint density at radius 2 is 2.11 bits per heavy atom. The van der Waals surface area contributed by atoms with Gasteiger partial charge >= 0.3 is 6.18 Å². The van der Waals surface area contributed by atoms with Gasteiger partial charge in [0.1, 0.15) is 5.69 Å². The van der Waals surface area contributed by atoms with Crippen LogP contribution in [-0.2, 0) is 6.18 Å². The Morgan fingerprint density at radius 1 is 1.42 bits per heavy atom. The third kappa shape index (κ3) is 4.51. The van der Waals surface area contributed by atoms with Gasteiger partial charge in [-0.25, -0.2) is 0 Å². The van der Waals surface area contributed by atoms with Gasteiger partial charge in [0.05, 0.1) is 5.56 Å². The molecule has 0 radical (unpaired) electrons. The van der Waals surface area contributed by atoms with Crippen LogP contribution in [0.1, 0.15) is 22.5 Å². The van der Waals surface area contributed by atoms with Crippen molar-refractivity contribution in [2.24, 2.45) is 0 Å². The molecule has 106 valence electrons. The summed E-state index contributed by atoms with van der Waals surface area (Å²) in [6.07, 6.45) is -2.76. The van der Waals surface area contributed by atoms with Crippen LogP contribution in [0.15, 0.2) is 18.3 Å². The molecular formula is C12H16F3N3O. The number of alkyl halides is 3. The molecule has 1 amide bonds. The molecule has 0 aliphatic rings. The number of carbonyl (C=O) groups is 1. The number of hydrogen-bond donors (Lipinski definition) is 1. The molecule has 1 aromatic heterocycles. The van der Waals surface area contributed by atoms with Crippen molar-refractivity contribution in [2.45, 2.75) is 12.6 Å². The molecule has 1 N–H and O–H groups in total. The van der Waals surface area contributed by atoms with E-state index < -0.39 is 11.9 Å². The molecule has 1 rings (SSSR count). The number of pyridine rings is 1. The minimum Gasteiger partial charge on any atom is -0.342 e. The summed E-state index contributed by atoms with van der Waals surface area (Å²) in [5, 5.41) is 2.95. The van der Waals surface area contributed by atoms with Gasteiger partial charge in [-0.2, -0.15) is 13.2 Å². The van der Waals surface area contributed by atoms with Crippen LogP contribution in [0.3, 0.4) is 0 Å². The van der Waals surface area contributed by atoms with Crippen LogP contribution in [0.5, 0.6) is 0 Å². The van der Waals surface area contributed by atoms with E-state index in [9.17, 15) is 18.0 Å². The van der Waals surface area contributed by atoms with Crippen LogP contribution in [0.2, 0.25) is 0 Å². The number of amides is 1. The Balaban J connectivity index is 2.67. The highest BCUT2D eigenvalue weighted by molar-refractivity contribution is 5.93. The summed E-state index contributed by atoms with van der Waals surface area (Å²) in [6.45, 7) is 1.30. The summed E-state index contributed by atoms with van der Waals surface area (Å²) in [4.78, 5) is 16.6. The van der Waals surface area contributed by atoms with Crippen LogP contribution < -0.4 is 5.32 Å². The zero-order valence-electron chi connectivity index (χ0n) is 10.8. The average molecular weight is 275 g/mol. The summed E-state index contributed by atoms with van der Waals surface area (Å²) in [5.41, 5.74) is -0.846. The Morgan fingerprint density at radius 3 is 2.58 bits per heavy atom. The van der Waals surface area contributed by atoms with E-state index in [2.05, 4.69) is 10.3 Å². The molecule has 0 saturated heterocycles. The number of rotatable bonds is 5. The van der Waals surface area contributed by atoms with Gasteiger partial charge in [0, 0.05) is 19.8 Å². The normalized spacial score (nSPS) is 11.4. The maximum absolute atomic E-state index is 12.3. The van der Waals surface area contributed by atoms with E-state index in [1.54, 1.807) is 7.05 Å². The number of halogens is 3. The number of nitrogens with one attached hydrogen (secondary N) is 1. The number of aromatic nitrogens is 1. The molecule has 7 heteroatoms. The summed E-state index contributed by atoms with van der Waals surface area (Å²) in [7, 11) is 3.41. The highest BCUT2D eigenvalue weighted by atomic mass is 19.4. The fourth-order valence-corrected chi connectivity index (χ4v) is 1.50. The SMILES string of the molecule is CNCCCN(C)C(=O)c1ccc(C(F)(F)F)nc1. The summed E-state index contributed by atoms with van der Waals surface area (Å²) >= 11 is 0. The minimum atomic E-state index is -4.49. The van der Waals surface area contributed by atoms with Crippen LogP contribution >= 0.6 is 0 Å². The fraction of sp³-hybridized carbons (Fsp3) is 0.500. The van der Waals surface area contributed by atoms with Crippen molar-refractivity contribution in [3.63, 3.8) is 0 Å². The maximum atomic E-state index is 12.3. The predicted octanol–water partition coefficient (Wildman–Crippen LogP) is 1.78. The standard InChI is InChI=1S/C12H16F3N3O/c1-16-6-3-7-18(2)11(19)9-4-5-10(17-8-9)12(13,14)15/h4-5,8,16H,3,6-7H2,1-2H3. The van der Waals surface area contributed by atoms with Crippen LogP contribution in [0, 0.1) is 0 Å². The topological polar surface area (TPSA) is 45.2 Å². The van der Waals surface area contributed by atoms with Gasteiger partial charge in [-0.1, -0.05) is 0 Å². The number of hydrogen-bond acceptors (Lipinski definition) is 3. The smallest absolute Gasteiger partial charge is 0.342 e. The zero-order valence-corrected chi connectivity index (χ0v) is 10.8. The first-order valence-electron chi connectivity index (χ1n) is 5.79. The highest BCUT2D eigenvalue weighted by Crippen LogP contribution is 2.27. The number of carbonyl (C=O) groups excluding carboxylic acids is 1. The maximum Gasteiger partial charge on any atom is 0.433 e. The van der Waals surface area contributed by atoms with E-state index in [-0.39, 0.29) is 11.5 Å². The quantitative estimate of drug-likeness (QED) is 0.833. The molecule has 0 aliphatic carbocycles. The van der Waals surface area contributed by atoms with E-state index in [1.807, 2.05) is 7.05 Å². The highest BCUT2D eigenvalue weighted by Gasteiger charge is 2.32. The molecule has 0 atom stereocenters. The van der Waals surface area contributed by atoms with Crippen molar-refractivity contribution in [3.05, 3.63) is 29.6 Å². The van der Waals surface area contributed by atoms with Gasteiger partial charge in [-0.15, -0.1) is 0 Å². The molecule has 0 spiro atoms. The van der Waals surface area contributed by atoms with Gasteiger partial charge in [0.2, 0.25) is 0 Å². The molecule has 1 heterocycles. The Kier molecular flexibility index (Phi) is 5.29. The predicted molar refractivity (Wildman–Crippen MR) is 64.7 cm³/mol. The summed E-state index contributed by atoms with van der Waals surface area (Å²) in [5.74, 6) is -0.336. The average Bonchev–Trinajstić information content (AvgIpc) is 2.37. The van der Waals surface area contributed by atoms with Crippen LogP contribution in [0.4, 0.5) is 13.2 Å². The van der Waals surface area contributed by atoms with Gasteiger partial charge in [0.25, 0.3) is 5.91 Å². The first-order valence-corrected chi connectivity index (χ1v) is 5.79. The second-order valence-corrected chi connectivity index (χ2v) is 4.11. The fourth-order valence-electron chi connectivity index (χ4n) is 1.50.